The third-order valence-corrected chi connectivity index (χ3v) is 4.35. The van der Waals surface area contributed by atoms with Gasteiger partial charge in [0.25, 0.3) is 0 Å². The third kappa shape index (κ3) is 3.52. The van der Waals surface area contributed by atoms with Crippen LogP contribution in [0.3, 0.4) is 0 Å². The van der Waals surface area contributed by atoms with E-state index in [2.05, 4.69) is 51.7 Å². The molecule has 2 aliphatic heterocycles. The van der Waals surface area contributed by atoms with E-state index in [-0.39, 0.29) is 6.23 Å². The smallest absolute Gasteiger partial charge is 0.173 e. The van der Waals surface area contributed by atoms with Gasteiger partial charge in [-0.1, -0.05) is 30.3 Å². The van der Waals surface area contributed by atoms with Crippen molar-refractivity contribution in [3.63, 3.8) is 0 Å². The van der Waals surface area contributed by atoms with E-state index >= 15 is 0 Å². The van der Waals surface area contributed by atoms with Gasteiger partial charge < -0.3 is 10.1 Å². The maximum atomic E-state index is 5.46. The molecule has 112 valence electrons. The molecule has 1 fully saturated rings. The van der Waals surface area contributed by atoms with E-state index in [1.54, 1.807) is 13.4 Å². The molecule has 2 heterocycles. The Morgan fingerprint density at radius 2 is 2.00 bits per heavy atom. The molecule has 0 saturated carbocycles. The maximum absolute atomic E-state index is 5.46. The first-order valence-corrected chi connectivity index (χ1v) is 7.63. The Kier molecular flexibility index (Phi) is 4.68. The van der Waals surface area contributed by atoms with Crippen LogP contribution in [0.1, 0.15) is 18.4 Å². The van der Waals surface area contributed by atoms with Crippen LogP contribution >= 0.6 is 0 Å². The minimum absolute atomic E-state index is 0.100. The number of hydrogen-bond acceptors (Lipinski definition) is 4. The van der Waals surface area contributed by atoms with Crippen LogP contribution in [0.5, 0.6) is 0 Å². The molecule has 1 aromatic carbocycles. The number of piperidine rings is 1. The highest BCUT2D eigenvalue weighted by Crippen LogP contribution is 2.29. The lowest BCUT2D eigenvalue weighted by Crippen LogP contribution is -2.36. The molecule has 4 nitrogen and oxygen atoms in total. The zero-order valence-electron chi connectivity index (χ0n) is 12.5. The van der Waals surface area contributed by atoms with Gasteiger partial charge in [0.1, 0.15) is 0 Å². The molecule has 21 heavy (non-hydrogen) atoms. The first-order chi connectivity index (χ1) is 10.4. The summed E-state index contributed by atoms with van der Waals surface area (Å²) in [4.78, 5) is 6.89. The fraction of sp³-hybridized carbons (Fsp3) is 0.471. The normalized spacial score (nSPS) is 23.7. The van der Waals surface area contributed by atoms with E-state index in [4.69, 9.17) is 4.74 Å². The van der Waals surface area contributed by atoms with Gasteiger partial charge in [0, 0.05) is 19.9 Å². The molecule has 1 N–H and O–H groups in total. The number of nitrogens with one attached hydrogen (secondary N) is 1. The van der Waals surface area contributed by atoms with Gasteiger partial charge >= 0.3 is 0 Å². The number of aliphatic imine (C=N–C) groups is 1. The van der Waals surface area contributed by atoms with E-state index in [1.807, 2.05) is 0 Å². The number of hydrogen-bond donors (Lipinski definition) is 1. The molecule has 3 rings (SSSR count). The second kappa shape index (κ2) is 6.87. The summed E-state index contributed by atoms with van der Waals surface area (Å²) in [5, 5.41) is 3.10. The molecule has 1 unspecified atom stereocenters. The monoisotopic (exact) mass is 285 g/mol. The summed E-state index contributed by atoms with van der Waals surface area (Å²) >= 11 is 0. The average molecular weight is 285 g/mol. The molecule has 1 atom stereocenters. The molecule has 0 spiro atoms. The van der Waals surface area contributed by atoms with Crippen molar-refractivity contribution in [3.8, 4) is 0 Å². The number of benzene rings is 1. The second-order valence-electron chi connectivity index (χ2n) is 5.71. The Morgan fingerprint density at radius 1 is 1.24 bits per heavy atom. The molecular formula is C17H23N3O. The van der Waals surface area contributed by atoms with Crippen molar-refractivity contribution in [1.29, 1.82) is 0 Å². The predicted octanol–water partition coefficient (Wildman–Crippen LogP) is 2.39. The largest absolute Gasteiger partial charge is 0.356 e. The summed E-state index contributed by atoms with van der Waals surface area (Å²) in [5.74, 6) is 0.576. The molecule has 0 amide bonds. The minimum atomic E-state index is -0.100. The Bertz CT molecular complexity index is 504. The van der Waals surface area contributed by atoms with Gasteiger partial charge in [-0.15, -0.1) is 0 Å². The van der Waals surface area contributed by atoms with Crippen LogP contribution in [0, 0.1) is 5.92 Å². The summed E-state index contributed by atoms with van der Waals surface area (Å²) in [5.41, 5.74) is 2.69. The summed E-state index contributed by atoms with van der Waals surface area (Å²) in [6, 6.07) is 10.7. The molecule has 0 radical (unpaired) electrons. The quantitative estimate of drug-likeness (QED) is 0.923. The maximum Gasteiger partial charge on any atom is 0.173 e. The highest BCUT2D eigenvalue weighted by molar-refractivity contribution is 5.58. The van der Waals surface area contributed by atoms with E-state index in [0.29, 0.717) is 5.92 Å². The Morgan fingerprint density at radius 3 is 2.71 bits per heavy atom. The lowest BCUT2D eigenvalue weighted by atomic mass is 9.88. The third-order valence-electron chi connectivity index (χ3n) is 4.35. The number of ether oxygens (including phenoxy) is 1. The van der Waals surface area contributed by atoms with Crippen LogP contribution in [0.15, 0.2) is 47.1 Å². The zero-order valence-corrected chi connectivity index (χ0v) is 12.5. The van der Waals surface area contributed by atoms with Crippen molar-refractivity contribution in [3.05, 3.63) is 47.7 Å². The van der Waals surface area contributed by atoms with Crippen LogP contribution in [0.4, 0.5) is 0 Å². The van der Waals surface area contributed by atoms with Crippen LogP contribution in [0.2, 0.25) is 0 Å². The van der Waals surface area contributed by atoms with E-state index in [0.717, 1.165) is 19.6 Å². The van der Waals surface area contributed by atoms with Crippen molar-refractivity contribution in [2.75, 3.05) is 20.2 Å². The highest BCUT2D eigenvalue weighted by Gasteiger charge is 2.27. The number of nitrogens with zero attached hydrogens (tertiary/aromatic N) is 2. The minimum Gasteiger partial charge on any atom is -0.356 e. The van der Waals surface area contributed by atoms with E-state index < -0.39 is 0 Å². The first kappa shape index (κ1) is 14.3. The topological polar surface area (TPSA) is 36.9 Å². The van der Waals surface area contributed by atoms with Crippen molar-refractivity contribution in [1.82, 2.24) is 10.2 Å². The summed E-state index contributed by atoms with van der Waals surface area (Å²) in [6.45, 7) is 3.32. The van der Waals surface area contributed by atoms with Crippen LogP contribution in [0.25, 0.3) is 0 Å². The molecule has 0 aromatic heterocycles. The Hall–Kier alpha value is -1.65. The SMILES string of the molecule is COC1N=CNC=C1C1CCN(Cc2ccccc2)CC1. The second-order valence-corrected chi connectivity index (χ2v) is 5.71. The molecule has 0 bridgehead atoms. The summed E-state index contributed by atoms with van der Waals surface area (Å²) in [7, 11) is 1.73. The first-order valence-electron chi connectivity index (χ1n) is 7.63. The lowest BCUT2D eigenvalue weighted by Gasteiger charge is -2.35. The number of methoxy groups -OCH3 is 1. The number of rotatable bonds is 4. The lowest BCUT2D eigenvalue weighted by molar-refractivity contribution is 0.113. The highest BCUT2D eigenvalue weighted by atomic mass is 16.5. The summed E-state index contributed by atoms with van der Waals surface area (Å²) in [6.07, 6.45) is 6.03. The van der Waals surface area contributed by atoms with Gasteiger partial charge in [-0.25, -0.2) is 4.99 Å². The van der Waals surface area contributed by atoms with E-state index in [9.17, 15) is 0 Å². The van der Waals surface area contributed by atoms with Crippen LogP contribution in [-0.4, -0.2) is 37.7 Å². The summed E-state index contributed by atoms with van der Waals surface area (Å²) < 4.78 is 5.46. The van der Waals surface area contributed by atoms with Gasteiger partial charge in [0.05, 0.1) is 6.34 Å². The standard InChI is InChI=1S/C17H23N3O/c1-21-17-16(11-18-13-19-17)15-7-9-20(10-8-15)12-14-5-3-2-4-6-14/h2-6,11,13,15,17H,7-10,12H2,1H3,(H,18,19). The predicted molar refractivity (Wildman–Crippen MR) is 85.0 cm³/mol. The van der Waals surface area contributed by atoms with Crippen LogP contribution in [-0.2, 0) is 11.3 Å². The van der Waals surface area contributed by atoms with Crippen molar-refractivity contribution < 1.29 is 4.74 Å². The van der Waals surface area contributed by atoms with Gasteiger partial charge in [-0.2, -0.15) is 0 Å². The van der Waals surface area contributed by atoms with Gasteiger partial charge in [0.15, 0.2) is 6.23 Å². The van der Waals surface area contributed by atoms with Crippen molar-refractivity contribution in [2.24, 2.45) is 10.9 Å². The molecule has 1 aromatic rings. The van der Waals surface area contributed by atoms with Crippen LogP contribution < -0.4 is 5.32 Å². The van der Waals surface area contributed by atoms with E-state index in [1.165, 1.54) is 24.0 Å². The number of likely N-dealkylation sites (tertiary alicyclic amines) is 1. The molecule has 2 aliphatic rings. The molecule has 4 heteroatoms. The van der Waals surface area contributed by atoms with Crippen molar-refractivity contribution in [2.45, 2.75) is 25.6 Å². The van der Waals surface area contributed by atoms with Gasteiger partial charge in [-0.3, -0.25) is 4.90 Å². The zero-order chi connectivity index (χ0) is 14.5. The average Bonchev–Trinajstić information content (AvgIpc) is 2.56. The fourth-order valence-corrected chi connectivity index (χ4v) is 3.18. The molecule has 1 saturated heterocycles. The van der Waals surface area contributed by atoms with Crippen molar-refractivity contribution >= 4 is 6.34 Å². The van der Waals surface area contributed by atoms with Gasteiger partial charge in [0.2, 0.25) is 0 Å². The fourth-order valence-electron chi connectivity index (χ4n) is 3.18. The molecular weight excluding hydrogens is 262 g/mol. The Labute approximate surface area is 126 Å². The molecule has 0 aliphatic carbocycles. The Balaban J connectivity index is 1.54. The van der Waals surface area contributed by atoms with Gasteiger partial charge in [-0.05, 0) is 43.0 Å².